The molecule has 0 aliphatic heterocycles. The molecule has 1 N–H and O–H groups in total. The number of hydrogen-bond acceptors (Lipinski definition) is 2. The Morgan fingerprint density at radius 3 is 2.00 bits per heavy atom. The Morgan fingerprint density at radius 2 is 1.50 bits per heavy atom. The summed E-state index contributed by atoms with van der Waals surface area (Å²) in [6.07, 6.45) is 8.52. The van der Waals surface area contributed by atoms with E-state index in [0.29, 0.717) is 5.92 Å². The van der Waals surface area contributed by atoms with Crippen molar-refractivity contribution in [1.82, 2.24) is 0 Å². The summed E-state index contributed by atoms with van der Waals surface area (Å²) in [4.78, 5) is 0. The van der Waals surface area contributed by atoms with Gasteiger partial charge in [0, 0.05) is 0 Å². The van der Waals surface area contributed by atoms with E-state index in [2.05, 4.69) is 26.0 Å². The lowest BCUT2D eigenvalue weighted by Crippen LogP contribution is -2.15. The molecule has 1 aliphatic carbocycles. The minimum Gasteiger partial charge on any atom is -0.496 e. The lowest BCUT2D eigenvalue weighted by molar-refractivity contribution is 0.0911. The maximum absolute atomic E-state index is 10.7. The van der Waals surface area contributed by atoms with E-state index in [1.807, 2.05) is 0 Å². The van der Waals surface area contributed by atoms with Crippen molar-refractivity contribution in [3.63, 3.8) is 0 Å². The molecule has 1 fully saturated rings. The van der Waals surface area contributed by atoms with E-state index < -0.39 is 0 Å². The molecule has 0 amide bonds. The van der Waals surface area contributed by atoms with Crippen LogP contribution in [0.2, 0.25) is 0 Å². The van der Waals surface area contributed by atoms with Crippen molar-refractivity contribution in [2.24, 2.45) is 5.92 Å². The van der Waals surface area contributed by atoms with Crippen LogP contribution in [-0.2, 0) is 0 Å². The third kappa shape index (κ3) is 3.54. The Balaban J connectivity index is 2.16. The van der Waals surface area contributed by atoms with Gasteiger partial charge < -0.3 is 9.84 Å². The number of hydrogen-bond donors (Lipinski definition) is 1. The molecule has 0 spiro atoms. The summed E-state index contributed by atoms with van der Waals surface area (Å²) in [6.45, 7) is 4.11. The molecule has 20 heavy (non-hydrogen) atoms. The summed E-state index contributed by atoms with van der Waals surface area (Å²) in [5.74, 6) is 1.36. The van der Waals surface area contributed by atoms with Crippen LogP contribution in [0.3, 0.4) is 0 Å². The quantitative estimate of drug-likeness (QED) is 0.866. The van der Waals surface area contributed by atoms with Gasteiger partial charge in [0.05, 0.1) is 13.2 Å². The summed E-state index contributed by atoms with van der Waals surface area (Å²) < 4.78 is 5.41. The third-order valence-electron chi connectivity index (χ3n) is 4.62. The highest BCUT2D eigenvalue weighted by molar-refractivity contribution is 5.44. The van der Waals surface area contributed by atoms with E-state index in [0.717, 1.165) is 35.3 Å². The van der Waals surface area contributed by atoms with Crippen molar-refractivity contribution >= 4 is 0 Å². The Labute approximate surface area is 123 Å². The number of benzene rings is 1. The Bertz CT molecular complexity index is 408. The first kappa shape index (κ1) is 15.4. The second-order valence-corrected chi connectivity index (χ2v) is 6.24. The number of ether oxygens (including phenoxy) is 1. The van der Waals surface area contributed by atoms with E-state index in [1.165, 1.54) is 32.1 Å². The number of aliphatic hydroxyl groups excluding tert-OH is 1. The van der Waals surface area contributed by atoms with E-state index in [1.54, 1.807) is 7.11 Å². The van der Waals surface area contributed by atoms with Crippen LogP contribution in [0.1, 0.15) is 67.7 Å². The fourth-order valence-electron chi connectivity index (χ4n) is 3.55. The van der Waals surface area contributed by atoms with Gasteiger partial charge in [0.1, 0.15) is 5.75 Å². The van der Waals surface area contributed by atoms with E-state index in [4.69, 9.17) is 4.74 Å². The van der Waals surface area contributed by atoms with Crippen molar-refractivity contribution in [2.75, 3.05) is 7.11 Å². The first-order chi connectivity index (χ1) is 9.63. The summed E-state index contributed by atoms with van der Waals surface area (Å²) in [5, 5.41) is 10.7. The smallest absolute Gasteiger partial charge is 0.124 e. The lowest BCUT2D eigenvalue weighted by atomic mass is 9.84. The van der Waals surface area contributed by atoms with Gasteiger partial charge in [-0.15, -0.1) is 0 Å². The molecule has 1 aliphatic rings. The molecule has 0 heterocycles. The molecule has 0 saturated heterocycles. The highest BCUT2D eigenvalue weighted by Gasteiger charge is 2.22. The molecular formula is C18H28O2. The molecule has 2 nitrogen and oxygen atoms in total. The number of aryl methyl sites for hydroxylation is 2. The molecule has 1 saturated carbocycles. The second kappa shape index (κ2) is 7.12. The zero-order valence-corrected chi connectivity index (χ0v) is 13.1. The second-order valence-electron chi connectivity index (χ2n) is 6.24. The molecule has 112 valence electrons. The van der Waals surface area contributed by atoms with Crippen LogP contribution in [0.5, 0.6) is 5.75 Å². The predicted molar refractivity (Wildman–Crippen MR) is 83.2 cm³/mol. The fourth-order valence-corrected chi connectivity index (χ4v) is 3.55. The van der Waals surface area contributed by atoms with Gasteiger partial charge in [-0.05, 0) is 61.4 Å². The SMILES string of the molecule is COc1c(C)cc(C(O)C2CCCCCCC2)cc1C. The molecule has 0 aromatic heterocycles. The van der Waals surface area contributed by atoms with Gasteiger partial charge in [-0.3, -0.25) is 0 Å². The van der Waals surface area contributed by atoms with Crippen molar-refractivity contribution in [3.05, 3.63) is 28.8 Å². The average Bonchev–Trinajstić information content (AvgIpc) is 2.37. The third-order valence-corrected chi connectivity index (χ3v) is 4.62. The summed E-state index contributed by atoms with van der Waals surface area (Å²) >= 11 is 0. The molecule has 0 radical (unpaired) electrons. The average molecular weight is 276 g/mol. The first-order valence-corrected chi connectivity index (χ1v) is 7.96. The minimum atomic E-state index is -0.323. The summed E-state index contributed by atoms with van der Waals surface area (Å²) in [7, 11) is 1.71. The number of rotatable bonds is 3. The van der Waals surface area contributed by atoms with Gasteiger partial charge >= 0.3 is 0 Å². The fraction of sp³-hybridized carbons (Fsp3) is 0.667. The maximum atomic E-state index is 10.7. The highest BCUT2D eigenvalue weighted by Crippen LogP contribution is 2.35. The van der Waals surface area contributed by atoms with Crippen LogP contribution in [0.25, 0.3) is 0 Å². The molecular weight excluding hydrogens is 248 g/mol. The normalized spacial score (nSPS) is 19.2. The zero-order chi connectivity index (χ0) is 14.5. The molecule has 1 aromatic rings. The van der Waals surface area contributed by atoms with Crippen LogP contribution in [0.15, 0.2) is 12.1 Å². The Morgan fingerprint density at radius 1 is 1.00 bits per heavy atom. The summed E-state index contributed by atoms with van der Waals surface area (Å²) in [6, 6.07) is 4.19. The Hall–Kier alpha value is -1.02. The van der Waals surface area contributed by atoms with Gasteiger partial charge in [-0.25, -0.2) is 0 Å². The molecule has 2 heteroatoms. The van der Waals surface area contributed by atoms with Gasteiger partial charge in [0.2, 0.25) is 0 Å². The number of aliphatic hydroxyl groups is 1. The summed E-state index contributed by atoms with van der Waals surface area (Å²) in [5.41, 5.74) is 3.30. The monoisotopic (exact) mass is 276 g/mol. The predicted octanol–water partition coefficient (Wildman–Crippen LogP) is 4.71. The van der Waals surface area contributed by atoms with Crippen molar-refractivity contribution in [3.8, 4) is 5.75 Å². The van der Waals surface area contributed by atoms with Crippen molar-refractivity contribution < 1.29 is 9.84 Å². The van der Waals surface area contributed by atoms with Gasteiger partial charge in [-0.1, -0.05) is 32.1 Å². The molecule has 0 bridgehead atoms. The van der Waals surface area contributed by atoms with Crippen LogP contribution in [-0.4, -0.2) is 12.2 Å². The van der Waals surface area contributed by atoms with Gasteiger partial charge in [0.15, 0.2) is 0 Å². The first-order valence-electron chi connectivity index (χ1n) is 7.96. The van der Waals surface area contributed by atoms with Gasteiger partial charge in [0.25, 0.3) is 0 Å². The van der Waals surface area contributed by atoms with E-state index in [9.17, 15) is 5.11 Å². The highest BCUT2D eigenvalue weighted by atomic mass is 16.5. The number of methoxy groups -OCH3 is 1. The van der Waals surface area contributed by atoms with E-state index >= 15 is 0 Å². The Kier molecular flexibility index (Phi) is 5.47. The van der Waals surface area contributed by atoms with Crippen LogP contribution < -0.4 is 4.74 Å². The molecule has 1 aromatic carbocycles. The van der Waals surface area contributed by atoms with Crippen LogP contribution in [0.4, 0.5) is 0 Å². The maximum Gasteiger partial charge on any atom is 0.124 e. The minimum absolute atomic E-state index is 0.323. The van der Waals surface area contributed by atoms with Crippen molar-refractivity contribution in [2.45, 2.75) is 64.9 Å². The lowest BCUT2D eigenvalue weighted by Gasteiger charge is -2.26. The molecule has 2 rings (SSSR count). The van der Waals surface area contributed by atoms with Gasteiger partial charge in [-0.2, -0.15) is 0 Å². The van der Waals surface area contributed by atoms with Crippen LogP contribution >= 0.6 is 0 Å². The standard InChI is InChI=1S/C18H28O2/c1-13-11-16(12-14(2)18(13)20-3)17(19)15-9-7-5-4-6-8-10-15/h11-12,15,17,19H,4-10H2,1-3H3. The van der Waals surface area contributed by atoms with Crippen LogP contribution in [0, 0.1) is 19.8 Å². The molecule has 1 unspecified atom stereocenters. The molecule has 1 atom stereocenters. The topological polar surface area (TPSA) is 29.5 Å². The zero-order valence-electron chi connectivity index (χ0n) is 13.1. The van der Waals surface area contributed by atoms with Crippen molar-refractivity contribution in [1.29, 1.82) is 0 Å². The van der Waals surface area contributed by atoms with E-state index in [-0.39, 0.29) is 6.10 Å². The largest absolute Gasteiger partial charge is 0.496 e.